The lowest BCUT2D eigenvalue weighted by Crippen LogP contribution is -2.17. The molecule has 0 rings (SSSR count). The summed E-state index contributed by atoms with van der Waals surface area (Å²) in [6, 6.07) is 0. The molecule has 0 radical (unpaired) electrons. The number of ether oxygens (including phenoxy) is 2. The van der Waals surface area contributed by atoms with Gasteiger partial charge in [-0.25, -0.2) is 0 Å². The second-order valence-corrected chi connectivity index (χ2v) is 12.2. The van der Waals surface area contributed by atoms with Gasteiger partial charge >= 0.3 is 11.9 Å². The van der Waals surface area contributed by atoms with Crippen LogP contribution >= 0.6 is 0 Å². The zero-order valence-corrected chi connectivity index (χ0v) is 27.4. The van der Waals surface area contributed by atoms with E-state index >= 15 is 0 Å². The van der Waals surface area contributed by atoms with Crippen molar-refractivity contribution >= 4 is 11.9 Å². The summed E-state index contributed by atoms with van der Waals surface area (Å²) in [5.74, 6) is 0.147. The summed E-state index contributed by atoms with van der Waals surface area (Å²) >= 11 is 0. The number of esters is 2. The van der Waals surface area contributed by atoms with E-state index in [1.165, 1.54) is 128 Å². The number of hydrogen-bond acceptors (Lipinski definition) is 4. The minimum Gasteiger partial charge on any atom is -0.466 e. The lowest BCUT2D eigenvalue weighted by molar-refractivity contribution is -0.149. The molecule has 40 heavy (non-hydrogen) atoms. The van der Waals surface area contributed by atoms with Crippen LogP contribution in [0.2, 0.25) is 0 Å². The minimum absolute atomic E-state index is 0.00120. The van der Waals surface area contributed by atoms with Gasteiger partial charge in [-0.2, -0.15) is 0 Å². The smallest absolute Gasteiger partial charge is 0.308 e. The van der Waals surface area contributed by atoms with Gasteiger partial charge in [0.25, 0.3) is 0 Å². The highest BCUT2D eigenvalue weighted by Crippen LogP contribution is 2.18. The summed E-state index contributed by atoms with van der Waals surface area (Å²) in [6.45, 7) is 7.78. The minimum atomic E-state index is 0.00120. The van der Waals surface area contributed by atoms with Gasteiger partial charge in [-0.1, -0.05) is 162 Å². The van der Waals surface area contributed by atoms with E-state index < -0.39 is 0 Å². The van der Waals surface area contributed by atoms with E-state index in [0.29, 0.717) is 19.6 Å². The highest BCUT2D eigenvalue weighted by atomic mass is 16.5. The Morgan fingerprint density at radius 1 is 0.450 bits per heavy atom. The summed E-state index contributed by atoms with van der Waals surface area (Å²) in [5.41, 5.74) is 0. The molecule has 0 bridgehead atoms. The van der Waals surface area contributed by atoms with Gasteiger partial charge in [0.1, 0.15) is 0 Å². The molecular formula is C36H70O4. The van der Waals surface area contributed by atoms with Crippen LogP contribution in [0.5, 0.6) is 0 Å². The summed E-state index contributed by atoms with van der Waals surface area (Å²) in [5, 5.41) is 0. The third kappa shape index (κ3) is 28.5. The topological polar surface area (TPSA) is 52.6 Å². The molecule has 0 aliphatic carbocycles. The Balaban J connectivity index is 3.34. The second-order valence-electron chi connectivity index (χ2n) is 12.2. The maximum absolute atomic E-state index is 12.3. The molecule has 238 valence electrons. The van der Waals surface area contributed by atoms with E-state index in [1.54, 1.807) is 0 Å². The predicted octanol–water partition coefficient (Wildman–Crippen LogP) is 11.7. The number of unbranched alkanes of at least 4 members (excludes halogenated alkanes) is 22. The number of carbonyl (C=O) groups excluding carboxylic acids is 2. The fraction of sp³-hybridized carbons (Fsp3) is 0.944. The van der Waals surface area contributed by atoms with Gasteiger partial charge in [0.15, 0.2) is 0 Å². The van der Waals surface area contributed by atoms with Gasteiger partial charge < -0.3 is 9.47 Å². The molecule has 0 aliphatic rings. The molecule has 0 saturated carbocycles. The van der Waals surface area contributed by atoms with E-state index in [2.05, 4.69) is 20.8 Å². The standard InChI is InChI=1S/C36H70O4/c1-4-7-9-24-28-32-39-35(37)31-27-23-21-19-17-15-13-11-12-14-16-18-20-22-26-30-34(6-3)36(38)40-33-29-25-10-8-5-2/h34H,4-33H2,1-3H3. The zero-order chi connectivity index (χ0) is 29.4. The van der Waals surface area contributed by atoms with Crippen molar-refractivity contribution in [2.75, 3.05) is 13.2 Å². The van der Waals surface area contributed by atoms with Crippen LogP contribution in [0.25, 0.3) is 0 Å². The quantitative estimate of drug-likeness (QED) is 0.0600. The van der Waals surface area contributed by atoms with Gasteiger partial charge in [0.2, 0.25) is 0 Å². The maximum Gasteiger partial charge on any atom is 0.308 e. The lowest BCUT2D eigenvalue weighted by atomic mass is 9.97. The lowest BCUT2D eigenvalue weighted by Gasteiger charge is -2.14. The first-order valence-electron chi connectivity index (χ1n) is 18.0. The molecule has 0 saturated heterocycles. The summed E-state index contributed by atoms with van der Waals surface area (Å²) in [4.78, 5) is 24.1. The molecule has 0 aromatic rings. The Morgan fingerprint density at radius 3 is 1.27 bits per heavy atom. The number of hydrogen-bond donors (Lipinski definition) is 0. The Hall–Kier alpha value is -1.06. The average Bonchev–Trinajstić information content (AvgIpc) is 2.96. The molecule has 0 aromatic carbocycles. The Kier molecular flexibility index (Phi) is 31.6. The molecule has 0 fully saturated rings. The molecule has 0 aromatic heterocycles. The van der Waals surface area contributed by atoms with Crippen LogP contribution in [0.3, 0.4) is 0 Å². The van der Waals surface area contributed by atoms with Crippen molar-refractivity contribution in [1.82, 2.24) is 0 Å². The normalized spacial score (nSPS) is 12.0. The Bertz CT molecular complexity index is 533. The van der Waals surface area contributed by atoms with E-state index in [1.807, 2.05) is 0 Å². The molecule has 4 heteroatoms. The van der Waals surface area contributed by atoms with E-state index in [0.717, 1.165) is 44.9 Å². The maximum atomic E-state index is 12.3. The van der Waals surface area contributed by atoms with Crippen molar-refractivity contribution in [2.45, 2.75) is 201 Å². The fourth-order valence-electron chi connectivity index (χ4n) is 5.41. The largest absolute Gasteiger partial charge is 0.466 e. The zero-order valence-electron chi connectivity index (χ0n) is 27.4. The third-order valence-electron chi connectivity index (χ3n) is 8.26. The average molecular weight is 567 g/mol. The molecular weight excluding hydrogens is 496 g/mol. The van der Waals surface area contributed by atoms with Crippen LogP contribution in [0.4, 0.5) is 0 Å². The van der Waals surface area contributed by atoms with E-state index in [-0.39, 0.29) is 17.9 Å². The summed E-state index contributed by atoms with van der Waals surface area (Å²) in [7, 11) is 0. The Morgan fingerprint density at radius 2 is 0.825 bits per heavy atom. The molecule has 0 aliphatic heterocycles. The fourth-order valence-corrected chi connectivity index (χ4v) is 5.41. The van der Waals surface area contributed by atoms with Crippen molar-refractivity contribution in [2.24, 2.45) is 5.92 Å². The SMILES string of the molecule is CCCCCCCOC(=O)CCCCCCCCCCCCCCCCCC(CC)C(=O)OCCCCCCC. The number of carbonyl (C=O) groups is 2. The first-order valence-corrected chi connectivity index (χ1v) is 18.0. The third-order valence-corrected chi connectivity index (χ3v) is 8.26. The van der Waals surface area contributed by atoms with Gasteiger partial charge in [-0.05, 0) is 32.1 Å². The highest BCUT2D eigenvalue weighted by molar-refractivity contribution is 5.72. The molecule has 0 heterocycles. The predicted molar refractivity (Wildman–Crippen MR) is 172 cm³/mol. The van der Waals surface area contributed by atoms with Crippen molar-refractivity contribution in [1.29, 1.82) is 0 Å². The molecule has 0 spiro atoms. The van der Waals surface area contributed by atoms with Gasteiger partial charge in [0, 0.05) is 6.42 Å². The van der Waals surface area contributed by atoms with Crippen LogP contribution in [0.15, 0.2) is 0 Å². The molecule has 1 atom stereocenters. The molecule has 4 nitrogen and oxygen atoms in total. The molecule has 1 unspecified atom stereocenters. The van der Waals surface area contributed by atoms with Crippen LogP contribution in [0, 0.1) is 5.92 Å². The van der Waals surface area contributed by atoms with Gasteiger partial charge in [0.05, 0.1) is 19.1 Å². The summed E-state index contributed by atoms with van der Waals surface area (Å²) in [6.07, 6.45) is 33.8. The second kappa shape index (κ2) is 32.5. The van der Waals surface area contributed by atoms with Crippen LogP contribution < -0.4 is 0 Å². The van der Waals surface area contributed by atoms with Crippen molar-refractivity contribution < 1.29 is 19.1 Å². The first-order chi connectivity index (χ1) is 19.7. The van der Waals surface area contributed by atoms with Crippen LogP contribution in [0.1, 0.15) is 201 Å². The highest BCUT2D eigenvalue weighted by Gasteiger charge is 2.17. The van der Waals surface area contributed by atoms with Crippen LogP contribution in [-0.2, 0) is 19.1 Å². The van der Waals surface area contributed by atoms with Crippen molar-refractivity contribution in [3.8, 4) is 0 Å². The summed E-state index contributed by atoms with van der Waals surface area (Å²) < 4.78 is 10.9. The van der Waals surface area contributed by atoms with Crippen LogP contribution in [-0.4, -0.2) is 25.2 Å². The monoisotopic (exact) mass is 567 g/mol. The van der Waals surface area contributed by atoms with E-state index in [4.69, 9.17) is 9.47 Å². The first kappa shape index (κ1) is 38.9. The van der Waals surface area contributed by atoms with Gasteiger partial charge in [-0.3, -0.25) is 9.59 Å². The van der Waals surface area contributed by atoms with Gasteiger partial charge in [-0.15, -0.1) is 0 Å². The Labute approximate surface area is 250 Å². The molecule has 0 N–H and O–H groups in total. The molecule has 0 amide bonds. The number of rotatable bonds is 32. The van der Waals surface area contributed by atoms with E-state index in [9.17, 15) is 9.59 Å². The van der Waals surface area contributed by atoms with Crippen molar-refractivity contribution in [3.63, 3.8) is 0 Å². The van der Waals surface area contributed by atoms with Crippen molar-refractivity contribution in [3.05, 3.63) is 0 Å².